The maximum Gasteiger partial charge on any atom is 0.233 e. The number of amides is 1. The lowest BCUT2D eigenvalue weighted by Gasteiger charge is -2.22. The van der Waals surface area contributed by atoms with Gasteiger partial charge in [0.1, 0.15) is 0 Å². The van der Waals surface area contributed by atoms with Crippen LogP contribution in [0, 0.1) is 12.8 Å². The second kappa shape index (κ2) is 9.16. The Balaban J connectivity index is 1.55. The Morgan fingerprint density at radius 3 is 2.60 bits per heavy atom. The Morgan fingerprint density at radius 1 is 1.16 bits per heavy atom. The van der Waals surface area contributed by atoms with E-state index in [2.05, 4.69) is 59.3 Å². The summed E-state index contributed by atoms with van der Waals surface area (Å²) in [6.45, 7) is 3.27. The van der Waals surface area contributed by atoms with E-state index in [9.17, 15) is 4.79 Å². The van der Waals surface area contributed by atoms with Gasteiger partial charge in [0, 0.05) is 11.4 Å². The van der Waals surface area contributed by atoms with Crippen LogP contribution in [0.15, 0.2) is 41.8 Å². The lowest BCUT2D eigenvalue weighted by atomic mass is 9.89. The van der Waals surface area contributed by atoms with E-state index in [0.717, 1.165) is 6.54 Å². The van der Waals surface area contributed by atoms with Crippen LogP contribution in [0.5, 0.6) is 0 Å². The van der Waals surface area contributed by atoms with E-state index in [0.29, 0.717) is 12.5 Å². The molecule has 1 aromatic heterocycles. The Morgan fingerprint density at radius 2 is 1.92 bits per heavy atom. The van der Waals surface area contributed by atoms with Gasteiger partial charge in [0.15, 0.2) is 0 Å². The molecule has 3 rings (SSSR count). The molecule has 1 amide bonds. The number of aryl methyl sites for hydroxylation is 1. The van der Waals surface area contributed by atoms with Gasteiger partial charge in [0.2, 0.25) is 5.91 Å². The molecule has 4 heteroatoms. The molecule has 0 radical (unpaired) electrons. The summed E-state index contributed by atoms with van der Waals surface area (Å²) in [6, 6.07) is 12.8. The quantitative estimate of drug-likeness (QED) is 0.770. The van der Waals surface area contributed by atoms with E-state index in [-0.39, 0.29) is 11.9 Å². The molecule has 1 aromatic carbocycles. The number of rotatable bonds is 7. The number of benzene rings is 1. The highest BCUT2D eigenvalue weighted by molar-refractivity contribution is 7.10. The van der Waals surface area contributed by atoms with Crippen molar-refractivity contribution in [1.82, 2.24) is 10.6 Å². The highest BCUT2D eigenvalue weighted by Gasteiger charge is 2.17. The van der Waals surface area contributed by atoms with Crippen LogP contribution in [0.25, 0.3) is 0 Å². The molecule has 25 heavy (non-hydrogen) atoms. The van der Waals surface area contributed by atoms with Crippen LogP contribution in [-0.2, 0) is 4.79 Å². The molecule has 0 unspecified atom stereocenters. The minimum atomic E-state index is 0.0704. The molecule has 0 spiro atoms. The summed E-state index contributed by atoms with van der Waals surface area (Å²) < 4.78 is 0. The Bertz CT molecular complexity index is 645. The van der Waals surface area contributed by atoms with Gasteiger partial charge in [0.05, 0.1) is 12.6 Å². The third-order valence-electron chi connectivity index (χ3n) is 5.02. The molecule has 2 N–H and O–H groups in total. The van der Waals surface area contributed by atoms with Gasteiger partial charge in [-0.05, 0) is 42.7 Å². The molecular formula is C21H28N2OS. The van der Waals surface area contributed by atoms with E-state index in [1.807, 2.05) is 0 Å². The number of hydrogen-bond donors (Lipinski definition) is 2. The molecule has 0 aliphatic heterocycles. The van der Waals surface area contributed by atoms with Gasteiger partial charge in [0.25, 0.3) is 0 Å². The normalized spacial score (nSPS) is 16.5. The summed E-state index contributed by atoms with van der Waals surface area (Å²) in [5.41, 5.74) is 2.45. The van der Waals surface area contributed by atoms with Crippen LogP contribution < -0.4 is 10.6 Å². The van der Waals surface area contributed by atoms with Crippen LogP contribution in [0.3, 0.4) is 0 Å². The van der Waals surface area contributed by atoms with Crippen molar-refractivity contribution < 1.29 is 4.79 Å². The maximum atomic E-state index is 12.3. The molecule has 3 nitrogen and oxygen atoms in total. The molecule has 1 atom stereocenters. The zero-order chi connectivity index (χ0) is 17.5. The second-order valence-electron chi connectivity index (χ2n) is 7.05. The van der Waals surface area contributed by atoms with Crippen molar-refractivity contribution in [3.8, 4) is 0 Å². The highest BCUT2D eigenvalue weighted by Crippen LogP contribution is 2.26. The molecule has 1 fully saturated rings. The number of nitrogens with one attached hydrogen (secondary N) is 2. The summed E-state index contributed by atoms with van der Waals surface area (Å²) in [6.07, 6.45) is 6.49. The first kappa shape index (κ1) is 18.2. The minimum absolute atomic E-state index is 0.0704. The van der Waals surface area contributed by atoms with Crippen molar-refractivity contribution in [1.29, 1.82) is 0 Å². The number of carbonyl (C=O) groups is 1. The van der Waals surface area contributed by atoms with Crippen molar-refractivity contribution in [2.24, 2.45) is 5.92 Å². The van der Waals surface area contributed by atoms with E-state index >= 15 is 0 Å². The van der Waals surface area contributed by atoms with Crippen LogP contribution in [0.1, 0.15) is 54.1 Å². The summed E-state index contributed by atoms with van der Waals surface area (Å²) >= 11 is 1.72. The van der Waals surface area contributed by atoms with Crippen molar-refractivity contribution >= 4 is 17.2 Å². The van der Waals surface area contributed by atoms with E-state index in [1.165, 1.54) is 48.1 Å². The first-order valence-electron chi connectivity index (χ1n) is 9.32. The fraction of sp³-hybridized carbons (Fsp3) is 0.476. The van der Waals surface area contributed by atoms with E-state index in [1.54, 1.807) is 11.3 Å². The Hall–Kier alpha value is -1.65. The van der Waals surface area contributed by atoms with Crippen LogP contribution in [0.2, 0.25) is 0 Å². The van der Waals surface area contributed by atoms with Gasteiger partial charge in [-0.15, -0.1) is 11.3 Å². The van der Waals surface area contributed by atoms with Gasteiger partial charge in [-0.25, -0.2) is 0 Å². The van der Waals surface area contributed by atoms with E-state index < -0.39 is 0 Å². The maximum absolute atomic E-state index is 12.3. The smallest absolute Gasteiger partial charge is 0.233 e. The van der Waals surface area contributed by atoms with Gasteiger partial charge in [-0.3, -0.25) is 10.1 Å². The number of thiophene rings is 1. The standard InChI is InChI=1S/C21H28N2OS/c1-16-9-11-18(12-10-16)21(19-8-5-13-25-19)23-15-20(24)22-14-17-6-3-2-4-7-17/h5,8-13,17,21,23H,2-4,6-7,14-15H2,1H3,(H,22,24)/t21-/m1/s1. The molecule has 1 saturated carbocycles. The molecular weight excluding hydrogens is 328 g/mol. The summed E-state index contributed by atoms with van der Waals surface area (Å²) in [5.74, 6) is 0.766. The first-order valence-corrected chi connectivity index (χ1v) is 10.2. The zero-order valence-corrected chi connectivity index (χ0v) is 15.8. The molecule has 0 saturated heterocycles. The number of hydrogen-bond acceptors (Lipinski definition) is 3. The topological polar surface area (TPSA) is 41.1 Å². The van der Waals surface area contributed by atoms with E-state index in [4.69, 9.17) is 0 Å². The van der Waals surface area contributed by atoms with Crippen molar-refractivity contribution in [2.45, 2.75) is 45.1 Å². The van der Waals surface area contributed by atoms with Crippen molar-refractivity contribution in [2.75, 3.05) is 13.1 Å². The summed E-state index contributed by atoms with van der Waals surface area (Å²) in [4.78, 5) is 13.5. The Kier molecular flexibility index (Phi) is 6.65. The molecule has 134 valence electrons. The van der Waals surface area contributed by atoms with Gasteiger partial charge < -0.3 is 5.32 Å². The third-order valence-corrected chi connectivity index (χ3v) is 5.95. The second-order valence-corrected chi connectivity index (χ2v) is 8.03. The van der Waals surface area contributed by atoms with Crippen molar-refractivity contribution in [3.63, 3.8) is 0 Å². The predicted molar refractivity (Wildman–Crippen MR) is 105 cm³/mol. The first-order chi connectivity index (χ1) is 12.2. The van der Waals surface area contributed by atoms with Crippen LogP contribution in [0.4, 0.5) is 0 Å². The van der Waals surface area contributed by atoms with Gasteiger partial charge in [-0.2, -0.15) is 0 Å². The molecule has 0 bridgehead atoms. The zero-order valence-electron chi connectivity index (χ0n) is 15.0. The molecule has 1 heterocycles. The largest absolute Gasteiger partial charge is 0.355 e. The average Bonchev–Trinajstić information content (AvgIpc) is 3.17. The Labute approximate surface area is 154 Å². The monoisotopic (exact) mass is 356 g/mol. The average molecular weight is 357 g/mol. The lowest BCUT2D eigenvalue weighted by molar-refractivity contribution is -0.120. The SMILES string of the molecule is Cc1ccc([C@@H](NCC(=O)NCC2CCCCC2)c2cccs2)cc1. The fourth-order valence-corrected chi connectivity index (χ4v) is 4.33. The third kappa shape index (κ3) is 5.41. The fourth-order valence-electron chi connectivity index (χ4n) is 3.50. The molecule has 2 aromatic rings. The van der Waals surface area contributed by atoms with Crippen LogP contribution in [-0.4, -0.2) is 19.0 Å². The van der Waals surface area contributed by atoms with Crippen molar-refractivity contribution in [3.05, 3.63) is 57.8 Å². The van der Waals surface area contributed by atoms with Crippen LogP contribution >= 0.6 is 11.3 Å². The predicted octanol–water partition coefficient (Wildman–Crippen LogP) is 4.43. The summed E-state index contributed by atoms with van der Waals surface area (Å²) in [7, 11) is 0. The number of carbonyl (C=O) groups excluding carboxylic acids is 1. The lowest BCUT2D eigenvalue weighted by Crippen LogP contribution is -2.38. The minimum Gasteiger partial charge on any atom is -0.355 e. The molecule has 1 aliphatic rings. The van der Waals surface area contributed by atoms with Gasteiger partial charge >= 0.3 is 0 Å². The highest BCUT2D eigenvalue weighted by atomic mass is 32.1. The molecule has 1 aliphatic carbocycles. The summed E-state index contributed by atoms with van der Waals surface area (Å²) in [5, 5.41) is 8.64. The van der Waals surface area contributed by atoms with Gasteiger partial charge in [-0.1, -0.05) is 55.2 Å².